The van der Waals surface area contributed by atoms with E-state index < -0.39 is 0 Å². The molecule has 0 saturated heterocycles. The molecule has 110 valence electrons. The lowest BCUT2D eigenvalue weighted by Gasteiger charge is -2.16. The van der Waals surface area contributed by atoms with E-state index in [0.717, 1.165) is 11.3 Å². The van der Waals surface area contributed by atoms with E-state index in [2.05, 4.69) is 15.3 Å². The number of ether oxygens (including phenoxy) is 1. The van der Waals surface area contributed by atoms with Gasteiger partial charge in [0.1, 0.15) is 5.69 Å². The number of halogens is 1. The molecule has 2 rings (SSSR count). The molecule has 21 heavy (non-hydrogen) atoms. The minimum Gasteiger partial charge on any atom is -0.375 e. The Morgan fingerprint density at radius 2 is 2.19 bits per heavy atom. The monoisotopic (exact) mass is 305 g/mol. The van der Waals surface area contributed by atoms with Gasteiger partial charge in [-0.15, -0.1) is 0 Å². The zero-order valence-corrected chi connectivity index (χ0v) is 12.6. The van der Waals surface area contributed by atoms with Crippen LogP contribution in [-0.4, -0.2) is 29.5 Å². The molecule has 2 aromatic rings. The Labute approximate surface area is 128 Å². The van der Waals surface area contributed by atoms with Crippen LogP contribution in [0, 0.1) is 6.92 Å². The topological polar surface area (TPSA) is 64.1 Å². The van der Waals surface area contributed by atoms with Gasteiger partial charge in [-0.2, -0.15) is 0 Å². The normalized spacial score (nSPS) is 12.0. The molecule has 0 aliphatic rings. The SMILES string of the molecule is CO[C@@H](CNC(=O)c1cnc(C)cn1)c1cccc(Cl)c1. The third-order valence-corrected chi connectivity index (χ3v) is 3.20. The summed E-state index contributed by atoms with van der Waals surface area (Å²) in [6.07, 6.45) is 2.73. The van der Waals surface area contributed by atoms with Crippen molar-refractivity contribution in [1.82, 2.24) is 15.3 Å². The lowest BCUT2D eigenvalue weighted by atomic mass is 10.1. The summed E-state index contributed by atoms with van der Waals surface area (Å²) < 4.78 is 5.39. The zero-order valence-electron chi connectivity index (χ0n) is 11.8. The summed E-state index contributed by atoms with van der Waals surface area (Å²) in [6.45, 7) is 2.14. The van der Waals surface area contributed by atoms with E-state index in [1.807, 2.05) is 25.1 Å². The number of amides is 1. The third-order valence-electron chi connectivity index (χ3n) is 2.97. The number of nitrogens with one attached hydrogen (secondary N) is 1. The maximum atomic E-state index is 12.0. The van der Waals surface area contributed by atoms with Gasteiger partial charge in [-0.3, -0.25) is 9.78 Å². The number of aryl methyl sites for hydroxylation is 1. The summed E-state index contributed by atoms with van der Waals surface area (Å²) in [5, 5.41) is 3.41. The van der Waals surface area contributed by atoms with E-state index >= 15 is 0 Å². The lowest BCUT2D eigenvalue weighted by Crippen LogP contribution is -2.29. The Hall–Kier alpha value is -1.98. The zero-order chi connectivity index (χ0) is 15.2. The fourth-order valence-electron chi connectivity index (χ4n) is 1.83. The lowest BCUT2D eigenvalue weighted by molar-refractivity contribution is 0.0824. The molecule has 1 amide bonds. The van der Waals surface area contributed by atoms with Crippen LogP contribution < -0.4 is 5.32 Å². The summed E-state index contributed by atoms with van der Waals surface area (Å²) >= 11 is 5.96. The minimum absolute atomic E-state index is 0.272. The second kappa shape index (κ2) is 7.15. The highest BCUT2D eigenvalue weighted by molar-refractivity contribution is 6.30. The maximum absolute atomic E-state index is 12.0. The van der Waals surface area contributed by atoms with E-state index in [1.165, 1.54) is 6.20 Å². The van der Waals surface area contributed by atoms with Crippen molar-refractivity contribution >= 4 is 17.5 Å². The summed E-state index contributed by atoms with van der Waals surface area (Å²) in [5.74, 6) is -0.286. The Bertz CT molecular complexity index is 617. The van der Waals surface area contributed by atoms with Gasteiger partial charge >= 0.3 is 0 Å². The Morgan fingerprint density at radius 3 is 2.81 bits per heavy atom. The fraction of sp³-hybridized carbons (Fsp3) is 0.267. The molecular weight excluding hydrogens is 290 g/mol. The number of nitrogens with zero attached hydrogens (tertiary/aromatic N) is 2. The van der Waals surface area contributed by atoms with Crippen molar-refractivity contribution in [1.29, 1.82) is 0 Å². The van der Waals surface area contributed by atoms with E-state index in [4.69, 9.17) is 16.3 Å². The molecule has 0 saturated carbocycles. The van der Waals surface area contributed by atoms with Crippen LogP contribution in [0.4, 0.5) is 0 Å². The van der Waals surface area contributed by atoms with Gasteiger partial charge in [0.2, 0.25) is 0 Å². The smallest absolute Gasteiger partial charge is 0.271 e. The van der Waals surface area contributed by atoms with E-state index in [1.54, 1.807) is 19.4 Å². The molecule has 6 heteroatoms. The van der Waals surface area contributed by atoms with Crippen molar-refractivity contribution in [2.45, 2.75) is 13.0 Å². The van der Waals surface area contributed by atoms with Crippen LogP contribution in [-0.2, 0) is 4.74 Å². The van der Waals surface area contributed by atoms with Crippen molar-refractivity contribution in [2.24, 2.45) is 0 Å². The molecule has 0 unspecified atom stereocenters. The molecule has 0 aliphatic carbocycles. The van der Waals surface area contributed by atoms with Gasteiger partial charge in [0, 0.05) is 24.9 Å². The number of aromatic nitrogens is 2. The van der Waals surface area contributed by atoms with Crippen LogP contribution >= 0.6 is 11.6 Å². The predicted molar refractivity (Wildman–Crippen MR) is 80.3 cm³/mol. The molecule has 1 atom stereocenters. The molecule has 0 fully saturated rings. The largest absolute Gasteiger partial charge is 0.375 e. The highest BCUT2D eigenvalue weighted by Gasteiger charge is 2.14. The second-order valence-corrected chi connectivity index (χ2v) is 4.97. The number of methoxy groups -OCH3 is 1. The highest BCUT2D eigenvalue weighted by atomic mass is 35.5. The quantitative estimate of drug-likeness (QED) is 0.922. The molecule has 0 aliphatic heterocycles. The Kier molecular flexibility index (Phi) is 5.25. The van der Waals surface area contributed by atoms with Crippen molar-refractivity contribution in [3.8, 4) is 0 Å². The summed E-state index contributed by atoms with van der Waals surface area (Å²) in [4.78, 5) is 20.1. The van der Waals surface area contributed by atoms with Crippen molar-refractivity contribution in [3.05, 3.63) is 58.6 Å². The molecular formula is C15H16ClN3O2. The fourth-order valence-corrected chi connectivity index (χ4v) is 2.03. The first-order valence-corrected chi connectivity index (χ1v) is 6.83. The van der Waals surface area contributed by atoms with E-state index in [0.29, 0.717) is 11.6 Å². The third kappa shape index (κ3) is 4.24. The number of hydrogen-bond donors (Lipinski definition) is 1. The van der Waals surface area contributed by atoms with Gasteiger partial charge in [-0.05, 0) is 24.6 Å². The first kappa shape index (κ1) is 15.4. The molecule has 0 bridgehead atoms. The Balaban J connectivity index is 2.00. The summed E-state index contributed by atoms with van der Waals surface area (Å²) in [6, 6.07) is 7.35. The molecule has 1 heterocycles. The van der Waals surface area contributed by atoms with Crippen LogP contribution in [0.5, 0.6) is 0 Å². The molecule has 5 nitrogen and oxygen atoms in total. The van der Waals surface area contributed by atoms with Gasteiger partial charge < -0.3 is 10.1 Å². The summed E-state index contributed by atoms with van der Waals surface area (Å²) in [5.41, 5.74) is 1.95. The van der Waals surface area contributed by atoms with Crippen molar-refractivity contribution in [2.75, 3.05) is 13.7 Å². The van der Waals surface area contributed by atoms with Crippen LogP contribution in [0.25, 0.3) is 0 Å². The van der Waals surface area contributed by atoms with Crippen LogP contribution in [0.2, 0.25) is 5.02 Å². The first-order valence-electron chi connectivity index (χ1n) is 6.45. The van der Waals surface area contributed by atoms with Gasteiger partial charge in [-0.1, -0.05) is 23.7 Å². The number of carbonyl (C=O) groups is 1. The van der Waals surface area contributed by atoms with Crippen molar-refractivity contribution in [3.63, 3.8) is 0 Å². The highest BCUT2D eigenvalue weighted by Crippen LogP contribution is 2.19. The average Bonchev–Trinajstić information content (AvgIpc) is 2.48. The molecule has 1 N–H and O–H groups in total. The molecule has 1 aromatic carbocycles. The first-order chi connectivity index (χ1) is 10.1. The minimum atomic E-state index is -0.286. The van der Waals surface area contributed by atoms with E-state index in [-0.39, 0.29) is 17.7 Å². The van der Waals surface area contributed by atoms with Gasteiger partial charge in [-0.25, -0.2) is 4.98 Å². The number of benzene rings is 1. The molecule has 0 radical (unpaired) electrons. The number of rotatable bonds is 5. The predicted octanol–water partition coefficient (Wildman–Crippen LogP) is 2.56. The standard InChI is InChI=1S/C15H16ClN3O2/c1-10-7-18-13(8-17-10)15(20)19-9-14(21-2)11-4-3-5-12(16)6-11/h3-8,14H,9H2,1-2H3,(H,19,20)/t14-/m0/s1. The Morgan fingerprint density at radius 1 is 1.38 bits per heavy atom. The van der Waals surface area contributed by atoms with E-state index in [9.17, 15) is 4.79 Å². The molecule has 1 aromatic heterocycles. The second-order valence-electron chi connectivity index (χ2n) is 4.53. The van der Waals surface area contributed by atoms with Gasteiger partial charge in [0.15, 0.2) is 0 Å². The maximum Gasteiger partial charge on any atom is 0.271 e. The average molecular weight is 306 g/mol. The number of hydrogen-bond acceptors (Lipinski definition) is 4. The van der Waals surface area contributed by atoms with Crippen LogP contribution in [0.1, 0.15) is 27.8 Å². The van der Waals surface area contributed by atoms with Crippen LogP contribution in [0.15, 0.2) is 36.7 Å². The van der Waals surface area contributed by atoms with Crippen LogP contribution in [0.3, 0.4) is 0 Å². The van der Waals surface area contributed by atoms with Gasteiger partial charge in [0.25, 0.3) is 5.91 Å². The summed E-state index contributed by atoms with van der Waals surface area (Å²) in [7, 11) is 1.59. The van der Waals surface area contributed by atoms with Crippen molar-refractivity contribution < 1.29 is 9.53 Å². The number of carbonyl (C=O) groups excluding carboxylic acids is 1. The van der Waals surface area contributed by atoms with Gasteiger partial charge in [0.05, 0.1) is 18.0 Å². The molecule has 0 spiro atoms.